The van der Waals surface area contributed by atoms with Crippen molar-refractivity contribution in [3.05, 3.63) is 59.9 Å². The number of halogens is 1. The number of cyclic esters (lactones) is 1. The molecule has 0 spiro atoms. The molecule has 23 heavy (non-hydrogen) atoms. The van der Waals surface area contributed by atoms with Crippen molar-refractivity contribution in [2.24, 2.45) is 0 Å². The molecule has 0 aromatic heterocycles. The van der Waals surface area contributed by atoms with Gasteiger partial charge >= 0.3 is 6.09 Å². The van der Waals surface area contributed by atoms with Crippen LogP contribution in [0.2, 0.25) is 0 Å². The predicted octanol–water partition coefficient (Wildman–Crippen LogP) is 2.41. The number of carbonyl (C=O) groups is 1. The lowest BCUT2D eigenvalue weighted by atomic mass is 10.1. The Morgan fingerprint density at radius 3 is 2.30 bits per heavy atom. The number of carbonyl (C=O) groups excluding carboxylic acids is 1. The zero-order valence-corrected chi connectivity index (χ0v) is 12.6. The quantitative estimate of drug-likeness (QED) is 0.898. The summed E-state index contributed by atoms with van der Waals surface area (Å²) in [5.41, 5.74) is 1.11. The van der Waals surface area contributed by atoms with Crippen molar-refractivity contribution in [2.75, 3.05) is 11.3 Å². The first kappa shape index (κ1) is 15.3. The maximum atomic E-state index is 12.9. The lowest BCUT2D eigenvalue weighted by molar-refractivity contribution is 0.141. The molecular weight excluding hydrogens is 323 g/mol. The Morgan fingerprint density at radius 2 is 1.74 bits per heavy atom. The summed E-state index contributed by atoms with van der Waals surface area (Å²) >= 11 is 0. The van der Waals surface area contributed by atoms with Gasteiger partial charge in [-0.1, -0.05) is 12.1 Å². The van der Waals surface area contributed by atoms with Crippen LogP contribution < -0.4 is 10.0 Å². The smallest absolute Gasteiger partial charge is 0.407 e. The highest BCUT2D eigenvalue weighted by Gasteiger charge is 2.24. The van der Waals surface area contributed by atoms with Crippen molar-refractivity contribution in [3.63, 3.8) is 0 Å². The van der Waals surface area contributed by atoms with E-state index in [1.807, 2.05) is 0 Å². The average Bonchev–Trinajstić information content (AvgIpc) is 2.95. The van der Waals surface area contributed by atoms with E-state index in [0.29, 0.717) is 12.2 Å². The van der Waals surface area contributed by atoms with Crippen LogP contribution in [-0.4, -0.2) is 21.1 Å². The summed E-state index contributed by atoms with van der Waals surface area (Å²) in [5.74, 6) is -0.506. The van der Waals surface area contributed by atoms with Crippen molar-refractivity contribution < 1.29 is 22.3 Å². The standard InChI is InChI=1S/C15H13FN2O4S/c16-11-3-7-13(8-4-11)23(20,21)18-12-5-1-10(2-6-12)14-9-17-15(19)22-14/h1-8,14,18H,9H2,(H,17,19). The van der Waals surface area contributed by atoms with Gasteiger partial charge in [-0.3, -0.25) is 4.72 Å². The number of nitrogens with one attached hydrogen (secondary N) is 2. The largest absolute Gasteiger partial charge is 0.439 e. The van der Waals surface area contributed by atoms with Crippen molar-refractivity contribution in [3.8, 4) is 0 Å². The number of anilines is 1. The molecule has 1 aliphatic rings. The number of hydrogen-bond acceptors (Lipinski definition) is 4. The Morgan fingerprint density at radius 1 is 1.09 bits per heavy atom. The van der Waals surface area contributed by atoms with Gasteiger partial charge in [0, 0.05) is 5.69 Å². The Bertz CT molecular complexity index is 820. The van der Waals surface area contributed by atoms with Crippen molar-refractivity contribution in [2.45, 2.75) is 11.0 Å². The minimum absolute atomic E-state index is 0.0306. The van der Waals surface area contributed by atoms with Gasteiger partial charge in [-0.05, 0) is 42.0 Å². The molecule has 1 aliphatic heterocycles. The third-order valence-corrected chi connectivity index (χ3v) is 4.74. The molecule has 1 amide bonds. The lowest BCUT2D eigenvalue weighted by Gasteiger charge is -2.11. The molecule has 2 N–H and O–H groups in total. The Hall–Kier alpha value is -2.61. The van der Waals surface area contributed by atoms with Crippen LogP contribution in [0.15, 0.2) is 53.4 Å². The molecule has 1 heterocycles. The van der Waals surface area contributed by atoms with Crippen LogP contribution >= 0.6 is 0 Å². The molecule has 1 saturated heterocycles. The molecule has 0 radical (unpaired) electrons. The number of benzene rings is 2. The number of hydrogen-bond donors (Lipinski definition) is 2. The first-order valence-corrected chi connectivity index (χ1v) is 8.25. The molecule has 1 unspecified atom stereocenters. The van der Waals surface area contributed by atoms with Gasteiger partial charge in [-0.15, -0.1) is 0 Å². The van der Waals surface area contributed by atoms with Crippen LogP contribution in [-0.2, 0) is 14.8 Å². The molecule has 2 aromatic carbocycles. The lowest BCUT2D eigenvalue weighted by Crippen LogP contribution is -2.13. The van der Waals surface area contributed by atoms with Gasteiger partial charge in [0.25, 0.3) is 10.0 Å². The zero-order valence-electron chi connectivity index (χ0n) is 11.8. The highest BCUT2D eigenvalue weighted by molar-refractivity contribution is 7.92. The van der Waals surface area contributed by atoms with E-state index in [0.717, 1.165) is 17.7 Å². The average molecular weight is 336 g/mol. The minimum atomic E-state index is -3.79. The van der Waals surface area contributed by atoms with E-state index in [1.54, 1.807) is 24.3 Å². The predicted molar refractivity (Wildman–Crippen MR) is 80.9 cm³/mol. The molecule has 1 atom stereocenters. The van der Waals surface area contributed by atoms with Crippen molar-refractivity contribution in [1.29, 1.82) is 0 Å². The highest BCUT2D eigenvalue weighted by Crippen LogP contribution is 2.23. The van der Waals surface area contributed by atoms with E-state index in [2.05, 4.69) is 10.0 Å². The summed E-state index contributed by atoms with van der Waals surface area (Å²) in [4.78, 5) is 11.0. The number of amides is 1. The number of rotatable bonds is 4. The summed E-state index contributed by atoms with van der Waals surface area (Å²) in [6, 6.07) is 11.0. The third-order valence-electron chi connectivity index (χ3n) is 3.34. The maximum Gasteiger partial charge on any atom is 0.407 e. The Labute approximate surface area is 132 Å². The maximum absolute atomic E-state index is 12.9. The first-order valence-electron chi connectivity index (χ1n) is 6.77. The van der Waals surface area contributed by atoms with Crippen molar-refractivity contribution in [1.82, 2.24) is 5.32 Å². The fraction of sp³-hybridized carbons (Fsp3) is 0.133. The second kappa shape index (κ2) is 5.88. The van der Waals surface area contributed by atoms with Crippen molar-refractivity contribution >= 4 is 21.8 Å². The molecule has 1 fully saturated rings. The van der Waals surface area contributed by atoms with Gasteiger partial charge < -0.3 is 10.1 Å². The second-order valence-corrected chi connectivity index (χ2v) is 6.64. The molecule has 120 valence electrons. The van der Waals surface area contributed by atoms with Crippen LogP contribution in [0.4, 0.5) is 14.9 Å². The topological polar surface area (TPSA) is 84.5 Å². The zero-order chi connectivity index (χ0) is 16.4. The van der Waals surface area contributed by atoms with Crippen LogP contribution in [0.5, 0.6) is 0 Å². The first-order chi connectivity index (χ1) is 10.9. The van der Waals surface area contributed by atoms with E-state index in [1.165, 1.54) is 12.1 Å². The number of sulfonamides is 1. The van der Waals surface area contributed by atoms with E-state index in [-0.39, 0.29) is 11.0 Å². The van der Waals surface area contributed by atoms with Gasteiger partial charge in [0.15, 0.2) is 0 Å². The highest BCUT2D eigenvalue weighted by atomic mass is 32.2. The Kier molecular flexibility index (Phi) is 3.91. The van der Waals surface area contributed by atoms with Crippen LogP contribution in [0.25, 0.3) is 0 Å². The molecule has 0 saturated carbocycles. The minimum Gasteiger partial charge on any atom is -0.439 e. The molecule has 0 bridgehead atoms. The number of alkyl carbamates (subject to hydrolysis) is 1. The van der Waals surface area contributed by atoms with Gasteiger partial charge in [-0.2, -0.15) is 0 Å². The summed E-state index contributed by atoms with van der Waals surface area (Å²) < 4.78 is 44.7. The molecule has 2 aromatic rings. The molecule has 0 aliphatic carbocycles. The van der Waals surface area contributed by atoms with E-state index in [4.69, 9.17) is 4.74 Å². The van der Waals surface area contributed by atoms with Gasteiger partial charge in [0.1, 0.15) is 11.9 Å². The van der Waals surface area contributed by atoms with Gasteiger partial charge in [0.2, 0.25) is 0 Å². The number of ether oxygens (including phenoxy) is 1. The van der Waals surface area contributed by atoms with E-state index < -0.39 is 21.9 Å². The molecule has 8 heteroatoms. The van der Waals surface area contributed by atoms with Crippen LogP contribution in [0.1, 0.15) is 11.7 Å². The molecule has 3 rings (SSSR count). The van der Waals surface area contributed by atoms with Gasteiger partial charge in [-0.25, -0.2) is 17.6 Å². The van der Waals surface area contributed by atoms with E-state index in [9.17, 15) is 17.6 Å². The van der Waals surface area contributed by atoms with Crippen LogP contribution in [0, 0.1) is 5.82 Å². The summed E-state index contributed by atoms with van der Waals surface area (Å²) in [5, 5.41) is 2.54. The fourth-order valence-corrected chi connectivity index (χ4v) is 3.23. The summed E-state index contributed by atoms with van der Waals surface area (Å²) in [6.45, 7) is 0.374. The monoisotopic (exact) mass is 336 g/mol. The fourth-order valence-electron chi connectivity index (χ4n) is 2.17. The molecule has 6 nitrogen and oxygen atoms in total. The third kappa shape index (κ3) is 3.42. The van der Waals surface area contributed by atoms with Crippen LogP contribution in [0.3, 0.4) is 0 Å². The normalized spacial score (nSPS) is 17.4. The Balaban J connectivity index is 1.75. The van der Waals surface area contributed by atoms with Gasteiger partial charge in [0.05, 0.1) is 11.4 Å². The van der Waals surface area contributed by atoms with E-state index >= 15 is 0 Å². The molecular formula is C15H13FN2O4S. The second-order valence-electron chi connectivity index (χ2n) is 4.96. The SMILES string of the molecule is O=C1NCC(c2ccc(NS(=O)(=O)c3ccc(F)cc3)cc2)O1. The summed E-state index contributed by atoms with van der Waals surface area (Å²) in [6.07, 6.45) is -0.860. The summed E-state index contributed by atoms with van der Waals surface area (Å²) in [7, 11) is -3.79.